The van der Waals surface area contributed by atoms with Crippen molar-refractivity contribution >= 4 is 12.1 Å². The van der Waals surface area contributed by atoms with Crippen LogP contribution >= 0.6 is 0 Å². The molecule has 0 unspecified atom stereocenters. The number of carboxylic acid groups (broad SMARTS) is 1. The summed E-state index contributed by atoms with van der Waals surface area (Å²) in [6, 6.07) is 20.3. The molecule has 0 spiro atoms. The van der Waals surface area contributed by atoms with Gasteiger partial charge in [-0.2, -0.15) is 0 Å². The van der Waals surface area contributed by atoms with Gasteiger partial charge >= 0.3 is 12.1 Å². The Balaban J connectivity index is 1.39. The molecule has 2 N–H and O–H groups in total. The summed E-state index contributed by atoms with van der Waals surface area (Å²) >= 11 is 0. The molecule has 0 saturated carbocycles. The number of carboxylic acids is 1. The highest BCUT2D eigenvalue weighted by atomic mass is 16.5. The van der Waals surface area contributed by atoms with Crippen molar-refractivity contribution < 1.29 is 28.9 Å². The lowest BCUT2D eigenvalue weighted by Gasteiger charge is -2.18. The quantitative estimate of drug-likeness (QED) is 0.483. The van der Waals surface area contributed by atoms with Crippen LogP contribution in [-0.2, 0) is 16.0 Å². The van der Waals surface area contributed by atoms with Gasteiger partial charge in [0, 0.05) is 5.92 Å². The van der Waals surface area contributed by atoms with Gasteiger partial charge in [-0.3, -0.25) is 0 Å². The number of nitrogens with one attached hydrogen (secondary N) is 1. The van der Waals surface area contributed by atoms with Crippen LogP contribution in [0.1, 0.15) is 29.0 Å². The zero-order valence-corrected chi connectivity index (χ0v) is 19.1. The average molecular weight is 462 g/mol. The number of ether oxygens (including phenoxy) is 3. The molecule has 4 rings (SSSR count). The molecule has 176 valence electrons. The van der Waals surface area contributed by atoms with Crippen LogP contribution in [0.3, 0.4) is 0 Å². The summed E-state index contributed by atoms with van der Waals surface area (Å²) < 4.78 is 16.1. The highest BCUT2D eigenvalue weighted by Crippen LogP contribution is 2.44. The summed E-state index contributed by atoms with van der Waals surface area (Å²) in [5.41, 5.74) is 5.24. The third-order valence-corrected chi connectivity index (χ3v) is 6.12. The van der Waals surface area contributed by atoms with Crippen molar-refractivity contribution in [3.05, 3.63) is 83.4 Å². The number of rotatable bonds is 9. The molecule has 7 nitrogen and oxygen atoms in total. The lowest BCUT2D eigenvalue weighted by Crippen LogP contribution is -2.41. The van der Waals surface area contributed by atoms with E-state index in [0.717, 1.165) is 27.8 Å². The van der Waals surface area contributed by atoms with Gasteiger partial charge in [0.25, 0.3) is 0 Å². The number of carbonyl (C=O) groups excluding carboxylic acids is 1. The van der Waals surface area contributed by atoms with E-state index in [1.807, 2.05) is 36.4 Å². The number of benzene rings is 3. The normalized spacial score (nSPS) is 12.9. The van der Waals surface area contributed by atoms with Crippen LogP contribution in [-0.4, -0.2) is 44.0 Å². The Bertz CT molecular complexity index is 1150. The number of aliphatic carboxylic acids is 1. The Morgan fingerprint density at radius 2 is 1.59 bits per heavy atom. The molecule has 1 atom stereocenters. The number of fused-ring (bicyclic) bond motifs is 3. The first kappa shape index (κ1) is 23.2. The van der Waals surface area contributed by atoms with Gasteiger partial charge in [0.1, 0.15) is 24.1 Å². The van der Waals surface area contributed by atoms with Gasteiger partial charge in [-0.1, -0.05) is 48.5 Å². The van der Waals surface area contributed by atoms with Gasteiger partial charge in [0.2, 0.25) is 0 Å². The number of aryl methyl sites for hydroxylation is 1. The maximum Gasteiger partial charge on any atom is 0.407 e. The fourth-order valence-corrected chi connectivity index (χ4v) is 4.42. The SMILES string of the molecule is COc1ccc(OC)c(CC[C@@H](NC(=O)OCC2c3ccccc3-c3ccccc32)C(=O)O)c1. The van der Waals surface area contributed by atoms with Crippen molar-refractivity contribution in [1.29, 1.82) is 0 Å². The summed E-state index contributed by atoms with van der Waals surface area (Å²) in [6.45, 7) is 0.121. The second-order valence-electron chi connectivity index (χ2n) is 8.08. The van der Waals surface area contributed by atoms with Gasteiger partial charge in [-0.05, 0) is 58.9 Å². The first-order valence-electron chi connectivity index (χ1n) is 11.1. The Labute approximate surface area is 198 Å². The van der Waals surface area contributed by atoms with Gasteiger partial charge in [0.15, 0.2) is 0 Å². The van der Waals surface area contributed by atoms with E-state index in [-0.39, 0.29) is 18.9 Å². The predicted octanol–water partition coefficient (Wildman–Crippen LogP) is 4.63. The average Bonchev–Trinajstić information content (AvgIpc) is 3.18. The van der Waals surface area contributed by atoms with Gasteiger partial charge < -0.3 is 24.6 Å². The number of alkyl carbamates (subject to hydrolysis) is 1. The standard InChI is InChI=1S/C27H27NO6/c1-32-18-12-14-25(33-2)17(15-18)11-13-24(26(29)30)28-27(31)34-16-23-21-9-5-3-7-19(21)20-8-4-6-10-22(20)23/h3-10,12,14-15,23-24H,11,13,16H2,1-2H3,(H,28,31)(H,29,30)/t24-/m1/s1. The largest absolute Gasteiger partial charge is 0.497 e. The first-order valence-corrected chi connectivity index (χ1v) is 11.1. The van der Waals surface area contributed by atoms with Crippen LogP contribution in [0.15, 0.2) is 66.7 Å². The van der Waals surface area contributed by atoms with Gasteiger partial charge in [0.05, 0.1) is 14.2 Å². The van der Waals surface area contributed by atoms with E-state index in [1.165, 1.54) is 0 Å². The minimum atomic E-state index is -1.13. The molecule has 1 amide bonds. The van der Waals surface area contributed by atoms with Crippen LogP contribution < -0.4 is 14.8 Å². The number of hydrogen-bond acceptors (Lipinski definition) is 5. The fraction of sp³-hybridized carbons (Fsp3) is 0.259. The molecule has 1 aliphatic carbocycles. The molecule has 34 heavy (non-hydrogen) atoms. The van der Waals surface area contributed by atoms with E-state index in [2.05, 4.69) is 17.4 Å². The topological polar surface area (TPSA) is 94.1 Å². The predicted molar refractivity (Wildman–Crippen MR) is 127 cm³/mol. The molecule has 0 saturated heterocycles. The second kappa shape index (κ2) is 10.3. The van der Waals surface area contributed by atoms with E-state index in [0.29, 0.717) is 17.9 Å². The first-order chi connectivity index (χ1) is 16.5. The Kier molecular flexibility index (Phi) is 7.01. The van der Waals surface area contributed by atoms with Crippen molar-refractivity contribution in [1.82, 2.24) is 5.32 Å². The molecule has 0 aliphatic heterocycles. The molecule has 0 aromatic heterocycles. The van der Waals surface area contributed by atoms with Crippen LogP contribution in [0.2, 0.25) is 0 Å². The number of methoxy groups -OCH3 is 2. The monoisotopic (exact) mass is 461 g/mol. The van der Waals surface area contributed by atoms with Crippen molar-refractivity contribution in [2.75, 3.05) is 20.8 Å². The molecular formula is C27H27NO6. The van der Waals surface area contributed by atoms with E-state index >= 15 is 0 Å². The maximum atomic E-state index is 12.5. The summed E-state index contributed by atoms with van der Waals surface area (Å²) in [4.78, 5) is 24.3. The molecule has 0 radical (unpaired) electrons. The second-order valence-corrected chi connectivity index (χ2v) is 8.08. The van der Waals surface area contributed by atoms with Gasteiger partial charge in [-0.25, -0.2) is 9.59 Å². The smallest absolute Gasteiger partial charge is 0.407 e. The highest BCUT2D eigenvalue weighted by molar-refractivity contribution is 5.81. The van der Waals surface area contributed by atoms with Crippen molar-refractivity contribution in [2.24, 2.45) is 0 Å². The molecule has 7 heteroatoms. The fourth-order valence-electron chi connectivity index (χ4n) is 4.42. The van der Waals surface area contributed by atoms with Crippen molar-refractivity contribution in [3.63, 3.8) is 0 Å². The third-order valence-electron chi connectivity index (χ3n) is 6.12. The Morgan fingerprint density at radius 1 is 0.941 bits per heavy atom. The number of hydrogen-bond donors (Lipinski definition) is 2. The lowest BCUT2D eigenvalue weighted by molar-refractivity contribution is -0.139. The van der Waals surface area contributed by atoms with E-state index < -0.39 is 18.1 Å². The Hall–Kier alpha value is -4.00. The van der Waals surface area contributed by atoms with Crippen LogP contribution in [0.4, 0.5) is 4.79 Å². The molecule has 0 bridgehead atoms. The summed E-state index contributed by atoms with van der Waals surface area (Å²) in [5, 5.41) is 12.1. The van der Waals surface area contributed by atoms with E-state index in [9.17, 15) is 14.7 Å². The molecule has 0 fully saturated rings. The zero-order chi connectivity index (χ0) is 24.1. The van der Waals surface area contributed by atoms with E-state index in [4.69, 9.17) is 14.2 Å². The summed E-state index contributed by atoms with van der Waals surface area (Å²) in [6.07, 6.45) is -0.212. The minimum absolute atomic E-state index is 0.0949. The van der Waals surface area contributed by atoms with Crippen LogP contribution in [0.5, 0.6) is 11.5 Å². The minimum Gasteiger partial charge on any atom is -0.497 e. The van der Waals surface area contributed by atoms with Crippen molar-refractivity contribution in [3.8, 4) is 22.6 Å². The maximum absolute atomic E-state index is 12.5. The lowest BCUT2D eigenvalue weighted by atomic mass is 9.98. The molecule has 1 aliphatic rings. The molecule has 0 heterocycles. The van der Waals surface area contributed by atoms with Gasteiger partial charge in [-0.15, -0.1) is 0 Å². The summed E-state index contributed by atoms with van der Waals surface area (Å²) in [7, 11) is 3.11. The summed E-state index contributed by atoms with van der Waals surface area (Å²) in [5.74, 6) is 0.0519. The number of carbonyl (C=O) groups is 2. The molecule has 3 aromatic carbocycles. The Morgan fingerprint density at radius 3 is 2.18 bits per heavy atom. The molecular weight excluding hydrogens is 434 g/mol. The zero-order valence-electron chi connectivity index (χ0n) is 19.1. The van der Waals surface area contributed by atoms with Crippen molar-refractivity contribution in [2.45, 2.75) is 24.8 Å². The molecule has 3 aromatic rings. The third kappa shape index (κ3) is 4.83. The highest BCUT2D eigenvalue weighted by Gasteiger charge is 2.29. The van der Waals surface area contributed by atoms with Crippen LogP contribution in [0, 0.1) is 0 Å². The number of amides is 1. The van der Waals surface area contributed by atoms with Crippen LogP contribution in [0.25, 0.3) is 11.1 Å². The van der Waals surface area contributed by atoms with E-state index in [1.54, 1.807) is 32.4 Å².